The van der Waals surface area contributed by atoms with Crippen molar-refractivity contribution in [3.8, 4) is 0 Å². The Kier molecular flexibility index (Phi) is 5.77. The maximum absolute atomic E-state index is 12.3. The number of benzene rings is 2. The third kappa shape index (κ3) is 4.23. The van der Waals surface area contributed by atoms with E-state index in [9.17, 15) is 4.79 Å². The molecule has 1 N–H and O–H groups in total. The van der Waals surface area contributed by atoms with Crippen LogP contribution in [0.1, 0.15) is 35.1 Å². The van der Waals surface area contributed by atoms with Gasteiger partial charge in [0.2, 0.25) is 5.91 Å². The normalized spacial score (nSPS) is 15.8. The third-order valence-electron chi connectivity index (χ3n) is 5.25. The highest BCUT2D eigenvalue weighted by molar-refractivity contribution is 5.91. The first-order valence-electron chi connectivity index (χ1n) is 8.99. The van der Waals surface area contributed by atoms with Gasteiger partial charge in [0.1, 0.15) is 0 Å². The van der Waals surface area contributed by atoms with Crippen LogP contribution in [0.3, 0.4) is 0 Å². The Hall–Kier alpha value is -1.84. The zero-order valence-electron chi connectivity index (χ0n) is 14.5. The summed E-state index contributed by atoms with van der Waals surface area (Å²) in [5, 5.41) is 3.06. The van der Waals surface area contributed by atoms with Gasteiger partial charge in [0.25, 0.3) is 0 Å². The van der Waals surface area contributed by atoms with E-state index in [2.05, 4.69) is 46.6 Å². The lowest BCUT2D eigenvalue weighted by atomic mass is 10.00. The van der Waals surface area contributed by atoms with E-state index in [-0.39, 0.29) is 18.3 Å². The van der Waals surface area contributed by atoms with Crippen LogP contribution in [0.15, 0.2) is 42.5 Å². The van der Waals surface area contributed by atoms with Crippen molar-refractivity contribution >= 4 is 24.0 Å². The molecule has 0 bridgehead atoms. The number of hydrogen-bond donors (Lipinski definition) is 1. The largest absolute Gasteiger partial charge is 0.326 e. The van der Waals surface area contributed by atoms with E-state index >= 15 is 0 Å². The molecule has 2 aliphatic rings. The van der Waals surface area contributed by atoms with Crippen molar-refractivity contribution in [1.82, 2.24) is 4.90 Å². The lowest BCUT2D eigenvalue weighted by Gasteiger charge is -2.28. The first-order valence-corrected chi connectivity index (χ1v) is 8.99. The van der Waals surface area contributed by atoms with Gasteiger partial charge in [-0.05, 0) is 60.1 Å². The Bertz CT molecular complexity index is 759. The Morgan fingerprint density at radius 1 is 0.960 bits per heavy atom. The zero-order valence-corrected chi connectivity index (χ0v) is 15.3. The summed E-state index contributed by atoms with van der Waals surface area (Å²) in [6.07, 6.45) is 5.21. The number of hydrogen-bond acceptors (Lipinski definition) is 2. The Balaban J connectivity index is 0.00000182. The van der Waals surface area contributed by atoms with Crippen LogP contribution in [0.4, 0.5) is 5.69 Å². The average molecular weight is 357 g/mol. The van der Waals surface area contributed by atoms with Gasteiger partial charge in [-0.1, -0.05) is 30.3 Å². The van der Waals surface area contributed by atoms with E-state index in [1.165, 1.54) is 35.1 Å². The zero-order chi connectivity index (χ0) is 16.4. The molecular formula is C21H25ClN2O. The highest BCUT2D eigenvalue weighted by Gasteiger charge is 2.17. The number of halogens is 1. The molecule has 3 nitrogen and oxygen atoms in total. The number of nitrogens with one attached hydrogen (secondary N) is 1. The molecule has 0 unspecified atom stereocenters. The molecule has 1 amide bonds. The van der Waals surface area contributed by atoms with Gasteiger partial charge in [0, 0.05) is 31.7 Å². The van der Waals surface area contributed by atoms with E-state index in [1.54, 1.807) is 0 Å². The maximum atomic E-state index is 12.3. The van der Waals surface area contributed by atoms with Crippen molar-refractivity contribution in [3.05, 3.63) is 64.7 Å². The van der Waals surface area contributed by atoms with Crippen molar-refractivity contribution in [3.63, 3.8) is 0 Å². The minimum Gasteiger partial charge on any atom is -0.326 e. The van der Waals surface area contributed by atoms with Crippen LogP contribution in [0.2, 0.25) is 0 Å². The molecule has 0 aromatic heterocycles. The van der Waals surface area contributed by atoms with Gasteiger partial charge in [-0.15, -0.1) is 12.4 Å². The molecule has 4 heteroatoms. The van der Waals surface area contributed by atoms with Crippen molar-refractivity contribution in [2.75, 3.05) is 18.4 Å². The summed E-state index contributed by atoms with van der Waals surface area (Å²) in [6.45, 7) is 2.83. The highest BCUT2D eigenvalue weighted by Crippen LogP contribution is 2.25. The number of fused-ring (bicyclic) bond motifs is 2. The van der Waals surface area contributed by atoms with Crippen LogP contribution in [0.5, 0.6) is 0 Å². The number of carbonyl (C=O) groups excluding carboxylic acids is 1. The van der Waals surface area contributed by atoms with Crippen molar-refractivity contribution in [1.29, 1.82) is 0 Å². The summed E-state index contributed by atoms with van der Waals surface area (Å²) in [5.74, 6) is 0.117. The fourth-order valence-corrected chi connectivity index (χ4v) is 3.88. The van der Waals surface area contributed by atoms with Gasteiger partial charge >= 0.3 is 0 Å². The molecule has 2 aromatic carbocycles. The van der Waals surface area contributed by atoms with E-state index in [4.69, 9.17) is 0 Å². The second-order valence-electron chi connectivity index (χ2n) is 6.93. The van der Waals surface area contributed by atoms with E-state index in [1.807, 2.05) is 6.07 Å². The van der Waals surface area contributed by atoms with Crippen molar-refractivity contribution in [2.24, 2.45) is 0 Å². The van der Waals surface area contributed by atoms with Crippen LogP contribution in [-0.4, -0.2) is 23.9 Å². The van der Waals surface area contributed by atoms with Crippen molar-refractivity contribution in [2.45, 2.75) is 38.6 Å². The Labute approximate surface area is 155 Å². The van der Waals surface area contributed by atoms with Gasteiger partial charge in [0.05, 0.1) is 0 Å². The van der Waals surface area contributed by atoms with Crippen LogP contribution in [0, 0.1) is 0 Å². The molecule has 4 rings (SSSR count). The van der Waals surface area contributed by atoms with Crippen LogP contribution >= 0.6 is 12.4 Å². The maximum Gasteiger partial charge on any atom is 0.225 e. The van der Waals surface area contributed by atoms with Crippen LogP contribution < -0.4 is 5.32 Å². The molecule has 0 radical (unpaired) electrons. The number of amides is 1. The topological polar surface area (TPSA) is 32.3 Å². The fraction of sp³-hybridized carbons (Fsp3) is 0.381. The van der Waals surface area contributed by atoms with E-state index in [0.29, 0.717) is 6.42 Å². The van der Waals surface area contributed by atoms with E-state index < -0.39 is 0 Å². The van der Waals surface area contributed by atoms with Gasteiger partial charge in [0.15, 0.2) is 0 Å². The fourth-order valence-electron chi connectivity index (χ4n) is 3.88. The Morgan fingerprint density at radius 3 is 2.60 bits per heavy atom. The molecule has 0 atom stereocenters. The molecule has 0 fully saturated rings. The quantitative estimate of drug-likeness (QED) is 0.898. The standard InChI is InChI=1S/C21H24N2O.ClH/c24-21(22-20-9-8-16-6-3-7-18(16)14-20)11-13-23-12-10-17-4-1-2-5-19(17)15-23;/h1-2,4-5,8-9,14H,3,6-7,10-13,15H2,(H,22,24);1H. The summed E-state index contributed by atoms with van der Waals surface area (Å²) in [5.41, 5.74) is 6.66. The summed E-state index contributed by atoms with van der Waals surface area (Å²) >= 11 is 0. The molecule has 132 valence electrons. The Morgan fingerprint density at radius 2 is 1.72 bits per heavy atom. The minimum atomic E-state index is 0. The number of aryl methyl sites for hydroxylation is 2. The molecule has 0 spiro atoms. The van der Waals surface area contributed by atoms with Gasteiger partial charge in [-0.2, -0.15) is 0 Å². The molecule has 25 heavy (non-hydrogen) atoms. The molecule has 1 aliphatic heterocycles. The number of anilines is 1. The van der Waals surface area contributed by atoms with Crippen LogP contribution in [-0.2, 0) is 30.6 Å². The lowest BCUT2D eigenvalue weighted by Crippen LogP contribution is -2.33. The number of nitrogens with zero attached hydrogens (tertiary/aromatic N) is 1. The third-order valence-corrected chi connectivity index (χ3v) is 5.25. The summed E-state index contributed by atoms with van der Waals surface area (Å²) in [4.78, 5) is 14.6. The SMILES string of the molecule is Cl.O=C(CCN1CCc2ccccc2C1)Nc1ccc2c(c1)CCC2. The number of carbonyl (C=O) groups is 1. The molecule has 2 aromatic rings. The second kappa shape index (κ2) is 8.03. The molecular weight excluding hydrogens is 332 g/mol. The van der Waals surface area contributed by atoms with Crippen molar-refractivity contribution < 1.29 is 4.79 Å². The summed E-state index contributed by atoms with van der Waals surface area (Å²) < 4.78 is 0. The van der Waals surface area contributed by atoms with Gasteiger partial charge in [-0.3, -0.25) is 9.69 Å². The molecule has 1 heterocycles. The van der Waals surface area contributed by atoms with E-state index in [0.717, 1.165) is 38.2 Å². The first kappa shape index (κ1) is 18.0. The van der Waals surface area contributed by atoms with Crippen LogP contribution in [0.25, 0.3) is 0 Å². The monoisotopic (exact) mass is 356 g/mol. The molecule has 0 saturated heterocycles. The second-order valence-corrected chi connectivity index (χ2v) is 6.93. The molecule has 0 saturated carbocycles. The summed E-state index contributed by atoms with van der Waals surface area (Å²) in [7, 11) is 0. The average Bonchev–Trinajstić information content (AvgIpc) is 3.07. The first-order chi connectivity index (χ1) is 11.8. The number of rotatable bonds is 4. The predicted octanol–water partition coefficient (Wildman–Crippen LogP) is 3.98. The summed E-state index contributed by atoms with van der Waals surface area (Å²) in [6, 6.07) is 15.0. The van der Waals surface area contributed by atoms with Gasteiger partial charge < -0.3 is 5.32 Å². The lowest BCUT2D eigenvalue weighted by molar-refractivity contribution is -0.116. The predicted molar refractivity (Wildman–Crippen MR) is 104 cm³/mol. The minimum absolute atomic E-state index is 0. The molecule has 1 aliphatic carbocycles. The van der Waals surface area contributed by atoms with Gasteiger partial charge in [-0.25, -0.2) is 0 Å². The highest BCUT2D eigenvalue weighted by atomic mass is 35.5. The smallest absolute Gasteiger partial charge is 0.225 e.